The van der Waals surface area contributed by atoms with Crippen molar-refractivity contribution in [3.8, 4) is 0 Å². The number of oxime groups is 1. The third kappa shape index (κ3) is 5.56. The molecule has 0 heterocycles. The Morgan fingerprint density at radius 2 is 1.73 bits per heavy atom. The highest BCUT2D eigenvalue weighted by molar-refractivity contribution is 6.88. The van der Waals surface area contributed by atoms with Crippen LogP contribution >= 0.6 is 0 Å². The zero-order chi connectivity index (χ0) is 19.2. The maximum Gasteiger partial charge on any atom is 0.309 e. The molecule has 0 saturated heterocycles. The Labute approximate surface area is 156 Å². The summed E-state index contributed by atoms with van der Waals surface area (Å²) in [7, 11) is 0.0316. The quantitative estimate of drug-likeness (QED) is 0.322. The highest BCUT2D eigenvalue weighted by Gasteiger charge is 2.16. The van der Waals surface area contributed by atoms with Crippen molar-refractivity contribution in [3.63, 3.8) is 0 Å². The fourth-order valence-electron chi connectivity index (χ4n) is 2.56. The average molecular weight is 370 g/mol. The monoisotopic (exact) mass is 369 g/mol. The molecule has 2 rings (SSSR count). The predicted octanol–water partition coefficient (Wildman–Crippen LogP) is 3.89. The number of esters is 1. The SMILES string of the molecule is COC(=O)Cc1ccccc1CON=C(C)c1cccc([Si](C)(C)C)c1. The van der Waals surface area contributed by atoms with Crippen LogP contribution in [0.15, 0.2) is 53.7 Å². The van der Waals surface area contributed by atoms with Crippen molar-refractivity contribution in [3.05, 3.63) is 65.2 Å². The van der Waals surface area contributed by atoms with Crippen LogP contribution in [-0.4, -0.2) is 26.9 Å². The molecule has 0 aliphatic carbocycles. The Morgan fingerprint density at radius 3 is 2.38 bits per heavy atom. The van der Waals surface area contributed by atoms with Gasteiger partial charge in [-0.2, -0.15) is 0 Å². The van der Waals surface area contributed by atoms with Crippen LogP contribution in [-0.2, 0) is 27.4 Å². The number of carbonyl (C=O) groups excluding carboxylic acids is 1. The largest absolute Gasteiger partial charge is 0.469 e. The number of benzene rings is 2. The molecule has 0 radical (unpaired) electrons. The molecule has 0 aliphatic rings. The molecule has 26 heavy (non-hydrogen) atoms. The fourth-order valence-corrected chi connectivity index (χ4v) is 3.75. The minimum absolute atomic E-state index is 0.233. The zero-order valence-corrected chi connectivity index (χ0v) is 17.2. The Bertz CT molecular complexity index is 794. The van der Waals surface area contributed by atoms with Gasteiger partial charge in [0.15, 0.2) is 0 Å². The lowest BCUT2D eigenvalue weighted by atomic mass is 10.1. The molecular weight excluding hydrogens is 342 g/mol. The van der Waals surface area contributed by atoms with E-state index in [-0.39, 0.29) is 12.4 Å². The topological polar surface area (TPSA) is 47.9 Å². The summed E-state index contributed by atoms with van der Waals surface area (Å²) >= 11 is 0. The van der Waals surface area contributed by atoms with Crippen molar-refractivity contribution in [1.82, 2.24) is 0 Å². The van der Waals surface area contributed by atoms with E-state index in [1.54, 1.807) is 0 Å². The summed E-state index contributed by atoms with van der Waals surface area (Å²) in [6, 6.07) is 16.2. The molecule has 2 aromatic rings. The van der Waals surface area contributed by atoms with Gasteiger partial charge in [-0.15, -0.1) is 0 Å². The van der Waals surface area contributed by atoms with Crippen molar-refractivity contribution in [2.45, 2.75) is 39.6 Å². The van der Waals surface area contributed by atoms with E-state index in [9.17, 15) is 4.79 Å². The predicted molar refractivity (Wildman–Crippen MR) is 109 cm³/mol. The van der Waals surface area contributed by atoms with Crippen molar-refractivity contribution in [2.24, 2.45) is 5.16 Å². The molecule has 0 aliphatic heterocycles. The fraction of sp³-hybridized carbons (Fsp3) is 0.333. The van der Waals surface area contributed by atoms with Crippen molar-refractivity contribution < 1.29 is 14.4 Å². The van der Waals surface area contributed by atoms with Crippen molar-refractivity contribution in [1.29, 1.82) is 0 Å². The molecule has 4 nitrogen and oxygen atoms in total. The van der Waals surface area contributed by atoms with E-state index in [0.717, 1.165) is 22.4 Å². The van der Waals surface area contributed by atoms with Crippen LogP contribution in [0.25, 0.3) is 0 Å². The molecule has 5 heteroatoms. The number of carbonyl (C=O) groups is 1. The Balaban J connectivity index is 2.08. The van der Waals surface area contributed by atoms with Gasteiger partial charge in [0.05, 0.1) is 27.3 Å². The third-order valence-electron chi connectivity index (χ3n) is 4.25. The van der Waals surface area contributed by atoms with E-state index >= 15 is 0 Å². The first-order chi connectivity index (χ1) is 12.3. The van der Waals surface area contributed by atoms with Gasteiger partial charge < -0.3 is 9.57 Å². The first-order valence-electron chi connectivity index (χ1n) is 8.72. The zero-order valence-electron chi connectivity index (χ0n) is 16.2. The van der Waals surface area contributed by atoms with Crippen LogP contribution < -0.4 is 5.19 Å². The number of methoxy groups -OCH3 is 1. The highest BCUT2D eigenvalue weighted by Crippen LogP contribution is 2.12. The number of nitrogens with zero attached hydrogens (tertiary/aromatic N) is 1. The normalized spacial score (nSPS) is 12.0. The maximum atomic E-state index is 11.5. The van der Waals surface area contributed by atoms with E-state index in [1.165, 1.54) is 12.3 Å². The molecule has 0 fully saturated rings. The van der Waals surface area contributed by atoms with E-state index in [1.807, 2.05) is 31.2 Å². The summed E-state index contributed by atoms with van der Waals surface area (Å²) < 4.78 is 4.74. The summed E-state index contributed by atoms with van der Waals surface area (Å²) in [6.45, 7) is 9.25. The van der Waals surface area contributed by atoms with Crippen LogP contribution in [0.3, 0.4) is 0 Å². The Morgan fingerprint density at radius 1 is 1.04 bits per heavy atom. The molecule has 0 atom stereocenters. The van der Waals surface area contributed by atoms with Gasteiger partial charge in [-0.25, -0.2) is 0 Å². The van der Waals surface area contributed by atoms with Crippen molar-refractivity contribution >= 4 is 24.9 Å². The third-order valence-corrected chi connectivity index (χ3v) is 6.29. The van der Waals surface area contributed by atoms with Crippen LogP contribution in [0.5, 0.6) is 0 Å². The van der Waals surface area contributed by atoms with Gasteiger partial charge in [0.1, 0.15) is 6.61 Å². The van der Waals surface area contributed by atoms with Crippen molar-refractivity contribution in [2.75, 3.05) is 7.11 Å². The highest BCUT2D eigenvalue weighted by atomic mass is 28.3. The number of hydrogen-bond donors (Lipinski definition) is 0. The molecule has 2 aromatic carbocycles. The minimum Gasteiger partial charge on any atom is -0.469 e. The summed E-state index contributed by atoms with van der Waals surface area (Å²) in [6.07, 6.45) is 0.233. The Hall–Kier alpha value is -2.40. The number of hydrogen-bond acceptors (Lipinski definition) is 4. The second kappa shape index (κ2) is 8.81. The second-order valence-corrected chi connectivity index (χ2v) is 12.4. The summed E-state index contributed by atoms with van der Waals surface area (Å²) in [5.74, 6) is -0.264. The first-order valence-corrected chi connectivity index (χ1v) is 12.2. The van der Waals surface area contributed by atoms with Crippen LogP contribution in [0.2, 0.25) is 19.6 Å². The van der Waals surface area contributed by atoms with Gasteiger partial charge in [-0.1, -0.05) is 78.5 Å². The molecule has 0 N–H and O–H groups in total. The molecule has 138 valence electrons. The summed E-state index contributed by atoms with van der Waals surface area (Å²) in [5.41, 5.74) is 3.75. The van der Waals surface area contributed by atoms with Crippen LogP contribution in [0.1, 0.15) is 23.6 Å². The van der Waals surface area contributed by atoms with Gasteiger partial charge in [-0.05, 0) is 23.6 Å². The van der Waals surface area contributed by atoms with Gasteiger partial charge in [0.25, 0.3) is 0 Å². The van der Waals surface area contributed by atoms with Crippen LogP contribution in [0.4, 0.5) is 0 Å². The van der Waals surface area contributed by atoms with Gasteiger partial charge in [0, 0.05) is 0 Å². The van der Waals surface area contributed by atoms with Crippen LogP contribution in [0, 0.1) is 0 Å². The maximum absolute atomic E-state index is 11.5. The molecule has 0 bridgehead atoms. The molecule has 0 spiro atoms. The number of ether oxygens (including phenoxy) is 1. The van der Waals surface area contributed by atoms with E-state index in [4.69, 9.17) is 9.57 Å². The standard InChI is InChI=1S/C21H27NO3Si/c1-16(17-11-8-12-20(13-17)26(3,4)5)22-25-15-19-10-7-6-9-18(19)14-21(23)24-2/h6-13H,14-15H2,1-5H3. The van der Waals surface area contributed by atoms with E-state index in [2.05, 4.69) is 49.1 Å². The lowest BCUT2D eigenvalue weighted by molar-refractivity contribution is -0.139. The van der Waals surface area contributed by atoms with Gasteiger partial charge in [-0.3, -0.25) is 4.79 Å². The summed E-state index contributed by atoms with van der Waals surface area (Å²) in [5, 5.41) is 5.67. The van der Waals surface area contributed by atoms with E-state index < -0.39 is 8.07 Å². The molecule has 0 unspecified atom stereocenters. The lowest BCUT2D eigenvalue weighted by Gasteiger charge is -2.17. The first kappa shape index (κ1) is 19.9. The lowest BCUT2D eigenvalue weighted by Crippen LogP contribution is -2.37. The summed E-state index contributed by atoms with van der Waals surface area (Å²) in [4.78, 5) is 17.1. The molecule has 0 saturated carbocycles. The molecule has 0 aromatic heterocycles. The minimum atomic E-state index is -1.36. The second-order valence-electron chi connectivity index (χ2n) is 7.30. The Kier molecular flexibility index (Phi) is 6.74. The molecular formula is C21H27NO3Si. The smallest absolute Gasteiger partial charge is 0.309 e. The van der Waals surface area contributed by atoms with E-state index in [0.29, 0.717) is 6.61 Å². The van der Waals surface area contributed by atoms with Gasteiger partial charge in [0.2, 0.25) is 0 Å². The molecule has 0 amide bonds. The average Bonchev–Trinajstić information content (AvgIpc) is 2.62. The number of rotatable bonds is 7. The van der Waals surface area contributed by atoms with Gasteiger partial charge >= 0.3 is 5.97 Å².